The van der Waals surface area contributed by atoms with E-state index < -0.39 is 5.41 Å². The average Bonchev–Trinajstić information content (AvgIpc) is 3.97. The van der Waals surface area contributed by atoms with E-state index in [1.807, 2.05) is 0 Å². The lowest BCUT2D eigenvalue weighted by atomic mass is 9.70. The van der Waals surface area contributed by atoms with Gasteiger partial charge in [-0.25, -0.2) is 0 Å². The van der Waals surface area contributed by atoms with Gasteiger partial charge in [0.15, 0.2) is 0 Å². The van der Waals surface area contributed by atoms with Crippen molar-refractivity contribution in [3.63, 3.8) is 0 Å². The van der Waals surface area contributed by atoms with E-state index in [9.17, 15) is 0 Å². The molecule has 0 saturated heterocycles. The fraction of sp³-hybridized carbons (Fsp3) is 0.0164. The second-order valence-electron chi connectivity index (χ2n) is 16.8. The molecule has 294 valence electrons. The van der Waals surface area contributed by atoms with Crippen molar-refractivity contribution in [2.24, 2.45) is 0 Å². The van der Waals surface area contributed by atoms with Crippen LogP contribution >= 0.6 is 0 Å². The highest BCUT2D eigenvalue weighted by Crippen LogP contribution is 2.63. The third kappa shape index (κ3) is 5.13. The average molecular weight is 801 g/mol. The number of benzene rings is 10. The van der Waals surface area contributed by atoms with Crippen LogP contribution in [-0.2, 0) is 5.41 Å². The Morgan fingerprint density at radius 1 is 0.317 bits per heavy atom. The van der Waals surface area contributed by atoms with E-state index in [1.54, 1.807) is 0 Å². The molecule has 0 radical (unpaired) electrons. The first-order valence-corrected chi connectivity index (χ1v) is 21.9. The summed E-state index contributed by atoms with van der Waals surface area (Å²) in [6.45, 7) is 0. The summed E-state index contributed by atoms with van der Waals surface area (Å²) >= 11 is 0. The van der Waals surface area contributed by atoms with Crippen molar-refractivity contribution in [3.05, 3.63) is 265 Å². The molecule has 2 aliphatic rings. The number of fused-ring (bicyclic) bond motifs is 13. The van der Waals surface area contributed by atoms with Gasteiger partial charge in [0.2, 0.25) is 0 Å². The summed E-state index contributed by atoms with van der Waals surface area (Å²) in [5.74, 6) is 0. The molecule has 63 heavy (non-hydrogen) atoms. The van der Waals surface area contributed by atoms with E-state index in [4.69, 9.17) is 0 Å². The van der Waals surface area contributed by atoms with Gasteiger partial charge in [-0.2, -0.15) is 0 Å². The summed E-state index contributed by atoms with van der Waals surface area (Å²) in [6, 6.07) is 89.5. The molecule has 0 fully saturated rings. The van der Waals surface area contributed by atoms with E-state index >= 15 is 0 Å². The first-order chi connectivity index (χ1) is 31.3. The standard InChI is InChI=1S/C61H40N2/c1-4-19-41(20-5-1)46-25-13-17-33-57(46)62(45-36-38-52-59(40-45)63(43-23-8-3-9-24-43)58-34-18-29-47(60(52)58)42-21-6-2-7-22-42)44-35-37-51-50-28-12-16-32-55(50)61(56(51)39-44)53-30-14-10-26-48(53)49-27-11-15-31-54(49)61/h1-40H. The van der Waals surface area contributed by atoms with Crippen LogP contribution in [0.15, 0.2) is 243 Å². The fourth-order valence-corrected chi connectivity index (χ4v) is 11.1. The molecule has 2 aliphatic carbocycles. The summed E-state index contributed by atoms with van der Waals surface area (Å²) in [7, 11) is 0. The van der Waals surface area contributed by atoms with Gasteiger partial charge in [0.1, 0.15) is 0 Å². The molecule has 2 heteroatoms. The number of anilines is 3. The molecule has 0 saturated carbocycles. The molecule has 11 aromatic rings. The van der Waals surface area contributed by atoms with Crippen molar-refractivity contribution in [1.29, 1.82) is 0 Å². The second-order valence-corrected chi connectivity index (χ2v) is 16.8. The van der Waals surface area contributed by atoms with Crippen LogP contribution in [0.4, 0.5) is 17.1 Å². The predicted octanol–water partition coefficient (Wildman–Crippen LogP) is 15.9. The highest BCUT2D eigenvalue weighted by molar-refractivity contribution is 6.16. The summed E-state index contributed by atoms with van der Waals surface area (Å²) in [4.78, 5) is 2.50. The zero-order chi connectivity index (χ0) is 41.5. The van der Waals surface area contributed by atoms with Gasteiger partial charge in [-0.05, 0) is 110 Å². The third-order valence-corrected chi connectivity index (χ3v) is 13.6. The number of hydrogen-bond acceptors (Lipinski definition) is 1. The lowest BCUT2D eigenvalue weighted by Crippen LogP contribution is -2.26. The largest absolute Gasteiger partial charge is 0.310 e. The number of para-hydroxylation sites is 2. The molecule has 0 aliphatic heterocycles. The zero-order valence-electron chi connectivity index (χ0n) is 34.5. The lowest BCUT2D eigenvalue weighted by Gasteiger charge is -2.32. The maximum atomic E-state index is 2.50. The number of hydrogen-bond donors (Lipinski definition) is 0. The Bertz CT molecular complexity index is 3500. The monoisotopic (exact) mass is 800 g/mol. The molecule has 0 amide bonds. The molecule has 0 unspecified atom stereocenters. The van der Waals surface area contributed by atoms with Gasteiger partial charge in [0.05, 0.1) is 22.1 Å². The van der Waals surface area contributed by atoms with Crippen molar-refractivity contribution in [2.75, 3.05) is 4.90 Å². The maximum Gasteiger partial charge on any atom is 0.0726 e. The molecule has 13 rings (SSSR count). The maximum absolute atomic E-state index is 2.50. The van der Waals surface area contributed by atoms with Crippen LogP contribution in [0.1, 0.15) is 22.3 Å². The Labute approximate surface area is 367 Å². The molecular weight excluding hydrogens is 761 g/mol. The Morgan fingerprint density at radius 2 is 0.794 bits per heavy atom. The van der Waals surface area contributed by atoms with Gasteiger partial charge in [0.25, 0.3) is 0 Å². The highest BCUT2D eigenvalue weighted by atomic mass is 15.1. The van der Waals surface area contributed by atoms with Crippen LogP contribution in [0, 0.1) is 0 Å². The molecule has 1 heterocycles. The van der Waals surface area contributed by atoms with E-state index in [1.165, 1.54) is 83.1 Å². The van der Waals surface area contributed by atoms with Gasteiger partial charge in [0, 0.05) is 33.4 Å². The van der Waals surface area contributed by atoms with Gasteiger partial charge >= 0.3 is 0 Å². The summed E-state index contributed by atoms with van der Waals surface area (Å²) < 4.78 is 2.45. The van der Waals surface area contributed by atoms with Crippen LogP contribution < -0.4 is 4.90 Å². The smallest absolute Gasteiger partial charge is 0.0726 e. The number of rotatable bonds is 6. The molecule has 2 nitrogen and oxygen atoms in total. The Balaban J connectivity index is 1.11. The van der Waals surface area contributed by atoms with Gasteiger partial charge in [-0.15, -0.1) is 0 Å². The van der Waals surface area contributed by atoms with Gasteiger partial charge in [-0.3, -0.25) is 0 Å². The normalized spacial score (nSPS) is 12.9. The Hall–Kier alpha value is -8.20. The van der Waals surface area contributed by atoms with Crippen LogP contribution in [0.25, 0.3) is 72.0 Å². The van der Waals surface area contributed by atoms with E-state index in [0.717, 1.165) is 28.3 Å². The second kappa shape index (κ2) is 13.9. The lowest BCUT2D eigenvalue weighted by molar-refractivity contribution is 0.793. The first-order valence-electron chi connectivity index (χ1n) is 21.9. The van der Waals surface area contributed by atoms with Gasteiger partial charge < -0.3 is 9.47 Å². The molecule has 1 spiro atoms. The molecule has 10 aromatic carbocycles. The van der Waals surface area contributed by atoms with Crippen LogP contribution in [0.3, 0.4) is 0 Å². The molecule has 1 aromatic heterocycles. The minimum Gasteiger partial charge on any atom is -0.310 e. The highest BCUT2D eigenvalue weighted by Gasteiger charge is 2.51. The third-order valence-electron chi connectivity index (χ3n) is 13.6. The van der Waals surface area contributed by atoms with Crippen LogP contribution in [0.2, 0.25) is 0 Å². The molecule has 0 bridgehead atoms. The summed E-state index contributed by atoms with van der Waals surface area (Å²) in [6.07, 6.45) is 0. The summed E-state index contributed by atoms with van der Waals surface area (Å²) in [5.41, 5.74) is 21.6. The summed E-state index contributed by atoms with van der Waals surface area (Å²) in [5, 5.41) is 2.47. The van der Waals surface area contributed by atoms with Crippen molar-refractivity contribution >= 4 is 38.9 Å². The van der Waals surface area contributed by atoms with E-state index in [-0.39, 0.29) is 0 Å². The van der Waals surface area contributed by atoms with Crippen molar-refractivity contribution in [2.45, 2.75) is 5.41 Å². The minimum absolute atomic E-state index is 0.461. The van der Waals surface area contributed by atoms with Gasteiger partial charge in [-0.1, -0.05) is 194 Å². The molecular formula is C61H40N2. The first kappa shape index (κ1) is 35.5. The quantitative estimate of drug-likeness (QED) is 0.163. The minimum atomic E-state index is -0.461. The molecule has 0 atom stereocenters. The van der Waals surface area contributed by atoms with Crippen molar-refractivity contribution < 1.29 is 0 Å². The fourth-order valence-electron chi connectivity index (χ4n) is 11.1. The zero-order valence-corrected chi connectivity index (χ0v) is 34.5. The van der Waals surface area contributed by atoms with E-state index in [2.05, 4.69) is 252 Å². The molecule has 0 N–H and O–H groups in total. The van der Waals surface area contributed by atoms with E-state index in [0.29, 0.717) is 0 Å². The van der Waals surface area contributed by atoms with Crippen molar-refractivity contribution in [3.8, 4) is 50.2 Å². The topological polar surface area (TPSA) is 8.17 Å². The van der Waals surface area contributed by atoms with Crippen LogP contribution in [0.5, 0.6) is 0 Å². The predicted molar refractivity (Wildman–Crippen MR) is 263 cm³/mol. The van der Waals surface area contributed by atoms with Crippen LogP contribution in [-0.4, -0.2) is 4.57 Å². The Kier molecular flexibility index (Phi) is 7.85. The Morgan fingerprint density at radius 3 is 1.43 bits per heavy atom. The number of nitrogens with zero attached hydrogens (tertiary/aromatic N) is 2. The van der Waals surface area contributed by atoms with Crippen molar-refractivity contribution in [1.82, 2.24) is 4.57 Å². The number of aromatic nitrogens is 1. The SMILES string of the molecule is c1ccc(-c2ccccc2N(c2ccc3c(c2)C2(c4ccccc4-c4ccccc42)c2ccccc2-3)c2ccc3c4c(-c5ccccc5)cccc4n(-c4ccccc4)c3c2)cc1.